The molecular weight excluding hydrogens is 384 g/mol. The number of piperidine rings is 2. The molecule has 0 saturated carbocycles. The highest BCUT2D eigenvalue weighted by Crippen LogP contribution is 2.25. The molecule has 0 aromatic carbocycles. The lowest BCUT2D eigenvalue weighted by Crippen LogP contribution is -2.50. The lowest BCUT2D eigenvalue weighted by molar-refractivity contribution is 0.0423. The summed E-state index contributed by atoms with van der Waals surface area (Å²) in [6.07, 6.45) is 11.7. The highest BCUT2D eigenvalue weighted by Gasteiger charge is 2.31. The minimum atomic E-state index is 0.116. The molecule has 2 aliphatic heterocycles. The van der Waals surface area contributed by atoms with E-state index in [9.17, 15) is 4.79 Å². The van der Waals surface area contributed by atoms with E-state index in [0.717, 1.165) is 68.2 Å². The summed E-state index contributed by atoms with van der Waals surface area (Å²) in [5.74, 6) is 1.02. The summed E-state index contributed by atoms with van der Waals surface area (Å²) < 4.78 is 6.08. The second kappa shape index (κ2) is 9.59. The molecule has 6 nitrogen and oxygen atoms in total. The van der Waals surface area contributed by atoms with Crippen LogP contribution in [-0.2, 0) is 0 Å². The molecular formula is C22H28N4O2S. The number of ether oxygens (including phenoxy) is 1. The van der Waals surface area contributed by atoms with Gasteiger partial charge in [-0.15, -0.1) is 11.8 Å². The maximum absolute atomic E-state index is 12.9. The van der Waals surface area contributed by atoms with Gasteiger partial charge in [-0.2, -0.15) is 0 Å². The molecule has 2 aromatic heterocycles. The molecule has 7 heteroatoms. The van der Waals surface area contributed by atoms with Gasteiger partial charge in [0.25, 0.3) is 5.91 Å². The quantitative estimate of drug-likeness (QED) is 0.702. The molecule has 0 spiro atoms. The Bertz CT molecular complexity index is 803. The molecule has 2 aliphatic rings. The molecule has 29 heavy (non-hydrogen) atoms. The number of thioether (sulfide) groups is 1. The predicted octanol–water partition coefficient (Wildman–Crippen LogP) is 3.35. The summed E-state index contributed by atoms with van der Waals surface area (Å²) in [6, 6.07) is 8.14. The monoisotopic (exact) mass is 412 g/mol. The van der Waals surface area contributed by atoms with E-state index < -0.39 is 0 Å². The smallest absolute Gasteiger partial charge is 0.256 e. The van der Waals surface area contributed by atoms with Gasteiger partial charge in [0.1, 0.15) is 16.9 Å². The molecule has 1 amide bonds. The van der Waals surface area contributed by atoms with E-state index in [4.69, 9.17) is 4.74 Å². The van der Waals surface area contributed by atoms with Crippen LogP contribution in [0.2, 0.25) is 0 Å². The van der Waals surface area contributed by atoms with Crippen LogP contribution in [0, 0.1) is 0 Å². The largest absolute Gasteiger partial charge is 0.490 e. The van der Waals surface area contributed by atoms with E-state index >= 15 is 0 Å². The van der Waals surface area contributed by atoms with E-state index in [1.807, 2.05) is 35.4 Å². The van der Waals surface area contributed by atoms with Gasteiger partial charge in [0.05, 0.1) is 5.56 Å². The van der Waals surface area contributed by atoms with Crippen LogP contribution in [0.15, 0.2) is 47.9 Å². The van der Waals surface area contributed by atoms with Gasteiger partial charge in [-0.3, -0.25) is 14.7 Å². The second-order valence-corrected chi connectivity index (χ2v) is 8.41. The Kier molecular flexibility index (Phi) is 6.67. The minimum absolute atomic E-state index is 0.116. The Balaban J connectivity index is 1.25. The number of aromatic nitrogens is 2. The first-order valence-corrected chi connectivity index (χ1v) is 11.6. The first-order chi connectivity index (χ1) is 14.2. The summed E-state index contributed by atoms with van der Waals surface area (Å²) in [5, 5.41) is 0.816. The van der Waals surface area contributed by atoms with Crippen molar-refractivity contribution < 1.29 is 9.53 Å². The van der Waals surface area contributed by atoms with Crippen LogP contribution in [0.3, 0.4) is 0 Å². The lowest BCUT2D eigenvalue weighted by Gasteiger charge is -2.41. The van der Waals surface area contributed by atoms with Crippen molar-refractivity contribution in [3.05, 3.63) is 48.4 Å². The van der Waals surface area contributed by atoms with E-state index in [1.165, 1.54) is 11.8 Å². The molecule has 4 heterocycles. The fraction of sp³-hybridized carbons (Fsp3) is 0.500. The molecule has 2 fully saturated rings. The SMILES string of the molecule is CSc1ncccc1C(=O)N1CCC(N2CCC(Oc3ccncc3)CC2)CC1. The van der Waals surface area contributed by atoms with Gasteiger partial charge in [-0.05, 0) is 56.2 Å². The van der Waals surface area contributed by atoms with E-state index in [1.54, 1.807) is 18.6 Å². The Labute approximate surface area is 176 Å². The van der Waals surface area contributed by atoms with Crippen molar-refractivity contribution in [3.63, 3.8) is 0 Å². The number of carbonyl (C=O) groups is 1. The summed E-state index contributed by atoms with van der Waals surface area (Å²) >= 11 is 1.53. The van der Waals surface area contributed by atoms with Gasteiger partial charge >= 0.3 is 0 Å². The summed E-state index contributed by atoms with van der Waals surface area (Å²) in [4.78, 5) is 25.9. The number of pyridine rings is 2. The van der Waals surface area contributed by atoms with Crippen molar-refractivity contribution >= 4 is 17.7 Å². The molecule has 154 valence electrons. The number of likely N-dealkylation sites (tertiary alicyclic amines) is 2. The average molecular weight is 413 g/mol. The molecule has 0 unspecified atom stereocenters. The van der Waals surface area contributed by atoms with Gasteiger partial charge in [-0.25, -0.2) is 4.98 Å². The standard InChI is InChI=1S/C22H28N4O2S/c1-29-21-20(3-2-10-24-21)22(27)26-13-6-17(7-14-26)25-15-8-19(9-16-25)28-18-4-11-23-12-5-18/h2-5,10-12,17,19H,6-9,13-16H2,1H3. The van der Waals surface area contributed by atoms with Gasteiger partial charge in [0.15, 0.2) is 0 Å². The van der Waals surface area contributed by atoms with Crippen LogP contribution >= 0.6 is 11.8 Å². The van der Waals surface area contributed by atoms with Crippen molar-refractivity contribution in [1.82, 2.24) is 19.8 Å². The third kappa shape index (κ3) is 4.90. The fourth-order valence-electron chi connectivity index (χ4n) is 4.29. The fourth-order valence-corrected chi connectivity index (χ4v) is 4.83. The molecule has 4 rings (SSSR count). The lowest BCUT2D eigenvalue weighted by atomic mass is 9.98. The zero-order valence-electron chi connectivity index (χ0n) is 16.9. The predicted molar refractivity (Wildman–Crippen MR) is 114 cm³/mol. The van der Waals surface area contributed by atoms with Crippen LogP contribution in [0.4, 0.5) is 0 Å². The van der Waals surface area contributed by atoms with Gasteiger partial charge < -0.3 is 9.64 Å². The Morgan fingerprint density at radius 3 is 2.45 bits per heavy atom. The highest BCUT2D eigenvalue weighted by molar-refractivity contribution is 7.98. The van der Waals surface area contributed by atoms with E-state index in [0.29, 0.717) is 6.04 Å². The van der Waals surface area contributed by atoms with Gasteiger partial charge in [-0.1, -0.05) is 0 Å². The molecule has 2 aromatic rings. The number of hydrogen-bond acceptors (Lipinski definition) is 6. The summed E-state index contributed by atoms with van der Waals surface area (Å²) in [5.41, 5.74) is 0.729. The van der Waals surface area contributed by atoms with Crippen LogP contribution in [0.5, 0.6) is 5.75 Å². The maximum atomic E-state index is 12.9. The maximum Gasteiger partial charge on any atom is 0.256 e. The van der Waals surface area contributed by atoms with Crippen molar-refractivity contribution in [2.75, 3.05) is 32.4 Å². The highest BCUT2D eigenvalue weighted by atomic mass is 32.2. The zero-order chi connectivity index (χ0) is 20.1. The number of rotatable bonds is 5. The molecule has 2 saturated heterocycles. The first kappa shape index (κ1) is 20.2. The Hall–Kier alpha value is -2.12. The average Bonchev–Trinajstić information content (AvgIpc) is 2.80. The molecule has 0 radical (unpaired) electrons. The molecule has 0 N–H and O–H groups in total. The Morgan fingerprint density at radius 2 is 1.76 bits per heavy atom. The van der Waals surface area contributed by atoms with Gasteiger partial charge in [0, 0.05) is 50.8 Å². The summed E-state index contributed by atoms with van der Waals surface area (Å²) in [6.45, 7) is 3.76. The first-order valence-electron chi connectivity index (χ1n) is 10.3. The number of amides is 1. The van der Waals surface area contributed by atoms with Crippen LogP contribution < -0.4 is 4.74 Å². The molecule has 0 bridgehead atoms. The molecule has 0 atom stereocenters. The topological polar surface area (TPSA) is 58.6 Å². The minimum Gasteiger partial charge on any atom is -0.490 e. The van der Waals surface area contributed by atoms with E-state index in [-0.39, 0.29) is 12.0 Å². The normalized spacial score (nSPS) is 19.3. The Morgan fingerprint density at radius 1 is 1.03 bits per heavy atom. The van der Waals surface area contributed by atoms with Crippen LogP contribution in [0.25, 0.3) is 0 Å². The van der Waals surface area contributed by atoms with Crippen molar-refractivity contribution in [1.29, 1.82) is 0 Å². The van der Waals surface area contributed by atoms with Crippen LogP contribution in [0.1, 0.15) is 36.0 Å². The number of carbonyl (C=O) groups excluding carboxylic acids is 1. The molecule has 0 aliphatic carbocycles. The zero-order valence-corrected chi connectivity index (χ0v) is 17.7. The van der Waals surface area contributed by atoms with Crippen molar-refractivity contribution in [2.45, 2.75) is 42.9 Å². The summed E-state index contributed by atoms with van der Waals surface area (Å²) in [7, 11) is 0. The van der Waals surface area contributed by atoms with Gasteiger partial charge in [0.2, 0.25) is 0 Å². The van der Waals surface area contributed by atoms with Crippen molar-refractivity contribution in [2.24, 2.45) is 0 Å². The van der Waals surface area contributed by atoms with E-state index in [2.05, 4.69) is 14.9 Å². The third-order valence-electron chi connectivity index (χ3n) is 5.89. The third-order valence-corrected chi connectivity index (χ3v) is 6.60. The van der Waals surface area contributed by atoms with Crippen molar-refractivity contribution in [3.8, 4) is 5.75 Å². The number of hydrogen-bond donors (Lipinski definition) is 0. The van der Waals surface area contributed by atoms with Crippen LogP contribution in [-0.4, -0.2) is 70.3 Å². The second-order valence-electron chi connectivity index (χ2n) is 7.62. The number of nitrogens with zero attached hydrogens (tertiary/aromatic N) is 4.